The summed E-state index contributed by atoms with van der Waals surface area (Å²) in [6, 6.07) is 0. The van der Waals surface area contributed by atoms with Crippen molar-refractivity contribution in [3.63, 3.8) is 0 Å². The average Bonchev–Trinajstić information content (AvgIpc) is 2.59. The van der Waals surface area contributed by atoms with E-state index >= 15 is 0 Å². The van der Waals surface area contributed by atoms with Gasteiger partial charge in [0.05, 0.1) is 0 Å². The lowest BCUT2D eigenvalue weighted by atomic mass is 9.93. The topological polar surface area (TPSA) is 44.8 Å². The quantitative estimate of drug-likeness (QED) is 0.516. The number of carbonyl (C=O) groups is 1. The van der Waals surface area contributed by atoms with Gasteiger partial charge in [-0.25, -0.2) is 10.4 Å². The molecule has 2 aliphatic rings. The van der Waals surface area contributed by atoms with Gasteiger partial charge in [-0.15, -0.1) is 0 Å². The fourth-order valence-corrected chi connectivity index (χ4v) is 3.84. The molecule has 5 nitrogen and oxygen atoms in total. The zero-order valence-electron chi connectivity index (χ0n) is 15.8. The molecule has 0 aromatic carbocycles. The van der Waals surface area contributed by atoms with E-state index in [0.29, 0.717) is 0 Å². The minimum Gasteiger partial charge on any atom is -0.445 e. The lowest BCUT2D eigenvalue weighted by Gasteiger charge is -2.35. The monoisotopic (exact) mass is 339 g/mol. The Morgan fingerprint density at radius 3 is 2.50 bits per heavy atom. The summed E-state index contributed by atoms with van der Waals surface area (Å²) >= 11 is 0. The first-order chi connectivity index (χ1) is 11.7. The van der Waals surface area contributed by atoms with Crippen LogP contribution >= 0.6 is 0 Å². The number of likely N-dealkylation sites (tertiary alicyclic amines) is 1. The molecule has 140 valence electrons. The van der Waals surface area contributed by atoms with Crippen molar-refractivity contribution in [3.05, 3.63) is 0 Å². The van der Waals surface area contributed by atoms with E-state index in [9.17, 15) is 4.79 Å². The Hall–Kier alpha value is -0.650. The normalized spacial score (nSPS) is 22.4. The molecule has 0 aliphatic carbocycles. The highest BCUT2D eigenvalue weighted by molar-refractivity contribution is 5.66. The molecule has 24 heavy (non-hydrogen) atoms. The number of nitrogens with zero attached hydrogens (tertiary/aromatic N) is 2. The molecule has 0 saturated carbocycles. The second-order valence-electron chi connectivity index (χ2n) is 7.49. The molecule has 1 N–H and O–H groups in total. The van der Waals surface area contributed by atoms with Gasteiger partial charge in [0.15, 0.2) is 6.23 Å². The van der Waals surface area contributed by atoms with E-state index in [1.807, 2.05) is 0 Å². The van der Waals surface area contributed by atoms with Gasteiger partial charge in [0.2, 0.25) is 0 Å². The minimum absolute atomic E-state index is 0.160. The second kappa shape index (κ2) is 11.1. The smallest absolute Gasteiger partial charge is 0.304 e. The van der Waals surface area contributed by atoms with Gasteiger partial charge in [-0.05, 0) is 70.5 Å². The summed E-state index contributed by atoms with van der Waals surface area (Å²) in [4.78, 5) is 13.9. The largest absolute Gasteiger partial charge is 0.445 e. The molecule has 1 unspecified atom stereocenters. The minimum atomic E-state index is -0.194. The van der Waals surface area contributed by atoms with Gasteiger partial charge in [0, 0.05) is 20.0 Å². The van der Waals surface area contributed by atoms with Gasteiger partial charge in [0.25, 0.3) is 0 Å². The molecule has 2 rings (SSSR count). The summed E-state index contributed by atoms with van der Waals surface area (Å²) < 4.78 is 5.41. The summed E-state index contributed by atoms with van der Waals surface area (Å²) in [5, 5.41) is 2.26. The van der Waals surface area contributed by atoms with Crippen molar-refractivity contribution in [1.29, 1.82) is 0 Å². The van der Waals surface area contributed by atoms with E-state index in [-0.39, 0.29) is 12.2 Å². The third-order valence-electron chi connectivity index (χ3n) is 5.37. The van der Waals surface area contributed by atoms with Crippen molar-refractivity contribution < 1.29 is 9.53 Å². The van der Waals surface area contributed by atoms with Crippen LogP contribution < -0.4 is 5.43 Å². The fourth-order valence-electron chi connectivity index (χ4n) is 3.84. The molecule has 1 atom stereocenters. The summed E-state index contributed by atoms with van der Waals surface area (Å²) in [6.07, 6.45) is 11.0. The van der Waals surface area contributed by atoms with Gasteiger partial charge < -0.3 is 9.64 Å². The number of piperidine rings is 2. The zero-order chi connectivity index (χ0) is 17.2. The van der Waals surface area contributed by atoms with Crippen LogP contribution in [-0.2, 0) is 9.53 Å². The molecule has 2 aliphatic heterocycles. The van der Waals surface area contributed by atoms with Crippen LogP contribution in [-0.4, -0.2) is 54.8 Å². The Bertz CT molecular complexity index is 351. The number of hydrazine groups is 1. The summed E-state index contributed by atoms with van der Waals surface area (Å²) in [7, 11) is 0. The van der Waals surface area contributed by atoms with Crippen LogP contribution in [0.2, 0.25) is 0 Å². The highest BCUT2D eigenvalue weighted by atomic mass is 16.6. The Morgan fingerprint density at radius 1 is 1.17 bits per heavy atom. The van der Waals surface area contributed by atoms with Crippen molar-refractivity contribution in [3.8, 4) is 0 Å². The van der Waals surface area contributed by atoms with E-state index in [1.165, 1.54) is 65.1 Å². The standard InChI is InChI=1S/C19H37N3O2/c1-3-4-8-19(24-17(2)23)20-22-15-10-18(11-16-22)9-14-21-12-6-5-7-13-21/h18-20H,3-16H2,1-2H3. The van der Waals surface area contributed by atoms with Gasteiger partial charge in [-0.2, -0.15) is 0 Å². The molecule has 2 saturated heterocycles. The first-order valence-corrected chi connectivity index (χ1v) is 10.1. The third-order valence-corrected chi connectivity index (χ3v) is 5.37. The number of hydrogen-bond donors (Lipinski definition) is 1. The number of hydrogen-bond acceptors (Lipinski definition) is 5. The highest BCUT2D eigenvalue weighted by Gasteiger charge is 2.23. The summed E-state index contributed by atoms with van der Waals surface area (Å²) in [5.74, 6) is 0.660. The maximum Gasteiger partial charge on any atom is 0.304 e. The first kappa shape index (κ1) is 19.7. The summed E-state index contributed by atoms with van der Waals surface area (Å²) in [6.45, 7) is 9.68. The third kappa shape index (κ3) is 7.49. The molecule has 2 heterocycles. The maximum atomic E-state index is 11.3. The van der Waals surface area contributed by atoms with Gasteiger partial charge in [-0.1, -0.05) is 19.8 Å². The molecule has 5 heteroatoms. The van der Waals surface area contributed by atoms with Gasteiger partial charge in [-0.3, -0.25) is 4.79 Å². The average molecular weight is 340 g/mol. The van der Waals surface area contributed by atoms with Crippen molar-refractivity contribution in [2.75, 3.05) is 32.7 Å². The molecule has 0 aromatic heterocycles. The predicted molar refractivity (Wildman–Crippen MR) is 97.4 cm³/mol. The molecule has 0 spiro atoms. The van der Waals surface area contributed by atoms with Crippen molar-refractivity contribution in [1.82, 2.24) is 15.3 Å². The number of rotatable bonds is 9. The highest BCUT2D eigenvalue weighted by Crippen LogP contribution is 2.21. The van der Waals surface area contributed by atoms with Crippen LogP contribution in [0.25, 0.3) is 0 Å². The van der Waals surface area contributed by atoms with Crippen LogP contribution in [0.3, 0.4) is 0 Å². The second-order valence-corrected chi connectivity index (χ2v) is 7.49. The molecular weight excluding hydrogens is 302 g/mol. The Balaban J connectivity index is 1.64. The molecule has 0 amide bonds. The van der Waals surface area contributed by atoms with Crippen LogP contribution in [0.4, 0.5) is 0 Å². The van der Waals surface area contributed by atoms with E-state index in [0.717, 1.165) is 38.3 Å². The molecule has 0 bridgehead atoms. The fraction of sp³-hybridized carbons (Fsp3) is 0.947. The molecular formula is C19H37N3O2. The van der Waals surface area contributed by atoms with Crippen LogP contribution in [0.1, 0.15) is 71.6 Å². The Labute approximate surface area is 148 Å². The van der Waals surface area contributed by atoms with Crippen LogP contribution in [0.5, 0.6) is 0 Å². The van der Waals surface area contributed by atoms with Crippen LogP contribution in [0.15, 0.2) is 0 Å². The van der Waals surface area contributed by atoms with Gasteiger partial charge >= 0.3 is 5.97 Å². The number of nitrogens with one attached hydrogen (secondary N) is 1. The number of esters is 1. The van der Waals surface area contributed by atoms with E-state index in [2.05, 4.69) is 22.3 Å². The number of unbranched alkanes of at least 4 members (excludes halogenated alkanes) is 1. The molecule has 2 fully saturated rings. The van der Waals surface area contributed by atoms with Crippen molar-refractivity contribution in [2.24, 2.45) is 5.92 Å². The number of carbonyl (C=O) groups excluding carboxylic acids is 1. The van der Waals surface area contributed by atoms with Crippen molar-refractivity contribution >= 4 is 5.97 Å². The van der Waals surface area contributed by atoms with E-state index in [4.69, 9.17) is 4.74 Å². The SMILES string of the molecule is CCCCC(NN1CCC(CCN2CCCCC2)CC1)OC(C)=O. The lowest BCUT2D eigenvalue weighted by Crippen LogP contribution is -2.50. The molecule has 0 radical (unpaired) electrons. The predicted octanol–water partition coefficient (Wildman–Crippen LogP) is 3.16. The molecule has 0 aromatic rings. The number of ether oxygens (including phenoxy) is 1. The van der Waals surface area contributed by atoms with E-state index in [1.54, 1.807) is 0 Å². The maximum absolute atomic E-state index is 11.3. The van der Waals surface area contributed by atoms with Crippen LogP contribution in [0, 0.1) is 5.92 Å². The van der Waals surface area contributed by atoms with E-state index < -0.39 is 0 Å². The Kier molecular flexibility index (Phi) is 9.07. The summed E-state index contributed by atoms with van der Waals surface area (Å²) in [5.41, 5.74) is 3.43. The zero-order valence-corrected chi connectivity index (χ0v) is 15.8. The Morgan fingerprint density at radius 2 is 1.88 bits per heavy atom. The van der Waals surface area contributed by atoms with Gasteiger partial charge in [0.1, 0.15) is 0 Å². The first-order valence-electron chi connectivity index (χ1n) is 10.1. The van der Waals surface area contributed by atoms with Crippen molar-refractivity contribution in [2.45, 2.75) is 77.9 Å². The lowest BCUT2D eigenvalue weighted by molar-refractivity contribution is -0.152.